The van der Waals surface area contributed by atoms with E-state index >= 15 is 4.39 Å². The Balaban J connectivity index is 1.47. The molecule has 1 aliphatic rings. The number of rotatable bonds is 3. The number of aliphatic hydroxyl groups is 1. The molecule has 9 heteroatoms. The first kappa shape index (κ1) is 20.3. The molecule has 1 aliphatic heterocycles. The number of fused-ring (bicyclic) bond motifs is 1. The summed E-state index contributed by atoms with van der Waals surface area (Å²) >= 11 is 0. The van der Waals surface area contributed by atoms with Crippen molar-refractivity contribution in [2.75, 3.05) is 17.2 Å². The maximum absolute atomic E-state index is 15.2. The van der Waals surface area contributed by atoms with Crippen molar-refractivity contribution in [1.82, 2.24) is 14.5 Å². The Bertz CT molecular complexity index is 1340. The largest absolute Gasteiger partial charge is 0.383 e. The highest BCUT2D eigenvalue weighted by atomic mass is 19.2. The van der Waals surface area contributed by atoms with Crippen LogP contribution in [0.5, 0.6) is 0 Å². The third kappa shape index (κ3) is 3.16. The number of benzene rings is 2. The number of aromatic nitrogens is 3. The zero-order valence-electron chi connectivity index (χ0n) is 17.1. The second-order valence-electron chi connectivity index (χ2n) is 7.95. The van der Waals surface area contributed by atoms with Gasteiger partial charge in [0.2, 0.25) is 0 Å². The van der Waals surface area contributed by atoms with Gasteiger partial charge in [0.1, 0.15) is 29.8 Å². The molecule has 32 heavy (non-hydrogen) atoms. The Morgan fingerprint density at radius 1 is 1.00 bits per heavy atom. The van der Waals surface area contributed by atoms with Gasteiger partial charge in [0, 0.05) is 42.5 Å². The van der Waals surface area contributed by atoms with Crippen LogP contribution in [0.1, 0.15) is 17.9 Å². The molecule has 1 saturated heterocycles. The van der Waals surface area contributed by atoms with Crippen LogP contribution in [0.3, 0.4) is 0 Å². The van der Waals surface area contributed by atoms with Crippen molar-refractivity contribution in [3.8, 4) is 11.1 Å². The molecule has 0 spiro atoms. The first-order valence-electron chi connectivity index (χ1n) is 10.1. The fourth-order valence-corrected chi connectivity index (χ4v) is 4.48. The van der Waals surface area contributed by atoms with Crippen LogP contribution in [0.15, 0.2) is 48.9 Å². The molecule has 0 bridgehead atoms. The normalized spacial score (nSPS) is 18.6. The molecule has 2 aromatic heterocycles. The van der Waals surface area contributed by atoms with Gasteiger partial charge in [-0.05, 0) is 42.3 Å². The van der Waals surface area contributed by atoms with Crippen molar-refractivity contribution in [1.29, 1.82) is 0 Å². The van der Waals surface area contributed by atoms with Crippen LogP contribution >= 0.6 is 0 Å². The fraction of sp³-hybridized carbons (Fsp3) is 0.217. The molecule has 5 rings (SSSR count). The molecule has 6 nitrogen and oxygen atoms in total. The molecular formula is C23H20F3N5O. The second-order valence-corrected chi connectivity index (χ2v) is 7.95. The summed E-state index contributed by atoms with van der Waals surface area (Å²) in [6, 6.07) is 8.31. The minimum Gasteiger partial charge on any atom is -0.383 e. The molecule has 1 fully saturated rings. The van der Waals surface area contributed by atoms with E-state index in [0.717, 1.165) is 12.1 Å². The number of nitrogen functional groups attached to an aromatic ring is 1. The quantitative estimate of drug-likeness (QED) is 0.505. The summed E-state index contributed by atoms with van der Waals surface area (Å²) < 4.78 is 43.9. The average Bonchev–Trinajstić information content (AvgIpc) is 3.31. The molecule has 3 N–H and O–H groups in total. The lowest BCUT2D eigenvalue weighted by Gasteiger charge is -2.26. The highest BCUT2D eigenvalue weighted by molar-refractivity contribution is 6.00. The number of aryl methyl sites for hydroxylation is 1. The average molecular weight is 439 g/mol. The van der Waals surface area contributed by atoms with Crippen LogP contribution in [0.2, 0.25) is 0 Å². The predicted octanol–water partition coefficient (Wildman–Crippen LogP) is 3.95. The Kier molecular flexibility index (Phi) is 4.78. The Morgan fingerprint density at radius 2 is 1.81 bits per heavy atom. The van der Waals surface area contributed by atoms with E-state index in [4.69, 9.17) is 5.73 Å². The van der Waals surface area contributed by atoms with E-state index < -0.39 is 29.6 Å². The molecule has 2 unspecified atom stereocenters. The van der Waals surface area contributed by atoms with E-state index in [-0.39, 0.29) is 5.82 Å². The summed E-state index contributed by atoms with van der Waals surface area (Å²) in [5.74, 6) is -2.53. The van der Waals surface area contributed by atoms with Crippen molar-refractivity contribution in [2.24, 2.45) is 7.05 Å². The fourth-order valence-electron chi connectivity index (χ4n) is 4.48. The number of aliphatic hydroxyl groups excluding tert-OH is 1. The van der Waals surface area contributed by atoms with Gasteiger partial charge in [-0.25, -0.2) is 23.1 Å². The molecule has 0 saturated carbocycles. The number of hydrogen-bond acceptors (Lipinski definition) is 5. The van der Waals surface area contributed by atoms with Gasteiger partial charge in [-0.15, -0.1) is 0 Å². The van der Waals surface area contributed by atoms with Gasteiger partial charge in [0.05, 0.1) is 5.39 Å². The van der Waals surface area contributed by atoms with Crippen molar-refractivity contribution < 1.29 is 18.3 Å². The lowest BCUT2D eigenvalue weighted by Crippen LogP contribution is -2.31. The lowest BCUT2D eigenvalue weighted by molar-refractivity contribution is 0.166. The number of anilines is 2. The maximum Gasteiger partial charge on any atom is 0.159 e. The Hall–Kier alpha value is -3.59. The van der Waals surface area contributed by atoms with Crippen molar-refractivity contribution >= 4 is 22.5 Å². The smallest absolute Gasteiger partial charge is 0.159 e. The van der Waals surface area contributed by atoms with E-state index in [2.05, 4.69) is 9.97 Å². The Labute approximate surface area is 181 Å². The van der Waals surface area contributed by atoms with Crippen LogP contribution < -0.4 is 10.6 Å². The van der Waals surface area contributed by atoms with Crippen molar-refractivity contribution in [3.63, 3.8) is 0 Å². The molecule has 4 aromatic rings. The molecular weight excluding hydrogens is 419 g/mol. The number of nitrogens with zero attached hydrogens (tertiary/aromatic N) is 4. The molecule has 2 aromatic carbocycles. The summed E-state index contributed by atoms with van der Waals surface area (Å²) in [4.78, 5) is 9.88. The van der Waals surface area contributed by atoms with Crippen LogP contribution in [0.4, 0.5) is 24.7 Å². The monoisotopic (exact) mass is 439 g/mol. The van der Waals surface area contributed by atoms with Gasteiger partial charge >= 0.3 is 0 Å². The van der Waals surface area contributed by atoms with Gasteiger partial charge < -0.3 is 20.3 Å². The minimum atomic E-state index is -0.994. The SMILES string of the molecule is Cn1cc(-c2ccc(N3CCC(c4ccc(F)c(F)c4)C3O)cc2F)c2c(N)ncnc21. The highest BCUT2D eigenvalue weighted by Crippen LogP contribution is 2.39. The van der Waals surface area contributed by atoms with E-state index in [9.17, 15) is 13.9 Å². The van der Waals surface area contributed by atoms with Crippen molar-refractivity contribution in [3.05, 3.63) is 71.9 Å². The summed E-state index contributed by atoms with van der Waals surface area (Å²) in [5, 5.41) is 11.4. The summed E-state index contributed by atoms with van der Waals surface area (Å²) in [6.45, 7) is 0.443. The molecule has 0 aliphatic carbocycles. The number of nitrogens with two attached hydrogens (primary N) is 1. The molecule has 0 amide bonds. The van der Waals surface area contributed by atoms with Gasteiger partial charge in [-0.3, -0.25) is 0 Å². The zero-order valence-corrected chi connectivity index (χ0v) is 17.1. The Morgan fingerprint density at radius 3 is 2.56 bits per heavy atom. The third-order valence-electron chi connectivity index (χ3n) is 6.09. The van der Waals surface area contributed by atoms with Crippen LogP contribution in [-0.2, 0) is 7.05 Å². The summed E-state index contributed by atoms with van der Waals surface area (Å²) in [6.07, 6.45) is 2.63. The van der Waals surface area contributed by atoms with Crippen LogP contribution in [0, 0.1) is 17.5 Å². The first-order chi connectivity index (χ1) is 15.3. The first-order valence-corrected chi connectivity index (χ1v) is 10.1. The van der Waals surface area contributed by atoms with Crippen molar-refractivity contribution in [2.45, 2.75) is 18.6 Å². The number of hydrogen-bond donors (Lipinski definition) is 2. The topological polar surface area (TPSA) is 80.2 Å². The van der Waals surface area contributed by atoms with Crippen LogP contribution in [0.25, 0.3) is 22.2 Å². The molecule has 164 valence electrons. The maximum atomic E-state index is 15.2. The van der Waals surface area contributed by atoms with Gasteiger partial charge in [0.25, 0.3) is 0 Å². The lowest BCUT2D eigenvalue weighted by atomic mass is 9.97. The predicted molar refractivity (Wildman–Crippen MR) is 115 cm³/mol. The van der Waals surface area contributed by atoms with E-state index in [1.165, 1.54) is 18.5 Å². The van der Waals surface area contributed by atoms with Gasteiger partial charge in [0.15, 0.2) is 11.6 Å². The zero-order chi connectivity index (χ0) is 22.6. The second kappa shape index (κ2) is 7.52. The summed E-state index contributed by atoms with van der Waals surface area (Å²) in [7, 11) is 1.80. The number of halogens is 3. The van der Waals surface area contributed by atoms with Crippen LogP contribution in [-0.4, -0.2) is 32.4 Å². The minimum absolute atomic E-state index is 0.262. The molecule has 2 atom stereocenters. The van der Waals surface area contributed by atoms with E-state index in [1.54, 1.807) is 34.8 Å². The summed E-state index contributed by atoms with van der Waals surface area (Å²) in [5.41, 5.74) is 8.53. The van der Waals surface area contributed by atoms with Gasteiger partial charge in [-0.1, -0.05) is 6.07 Å². The molecule has 3 heterocycles. The molecule has 0 radical (unpaired) electrons. The highest BCUT2D eigenvalue weighted by Gasteiger charge is 2.34. The van der Waals surface area contributed by atoms with E-state index in [1.807, 2.05) is 0 Å². The standard InChI is InChI=1S/C23H20F3N5O/c1-30-10-16(20-21(27)28-11-29-22(20)30)15-4-3-13(9-18(15)25)31-7-6-14(23(31)32)12-2-5-17(24)19(26)8-12/h2-5,8-11,14,23,32H,6-7H2,1H3,(H2,27,28,29). The van der Waals surface area contributed by atoms with Gasteiger partial charge in [-0.2, -0.15) is 0 Å². The third-order valence-corrected chi connectivity index (χ3v) is 6.09. The van der Waals surface area contributed by atoms with E-state index in [0.29, 0.717) is 46.4 Å².